The zero-order chi connectivity index (χ0) is 15.4. The maximum Gasteiger partial charge on any atom is 4.00 e. The summed E-state index contributed by atoms with van der Waals surface area (Å²) in [7, 11) is -22.1. The Kier molecular flexibility index (Phi) is 15.8. The van der Waals surface area contributed by atoms with Crippen LogP contribution in [-0.2, 0) is 44.0 Å². The average Bonchev–Trinajstić information content (AvgIpc) is 1.64. The molecule has 0 amide bonds. The summed E-state index contributed by atoms with van der Waals surface area (Å²) >= 11 is 0. The van der Waals surface area contributed by atoms with Gasteiger partial charge in [0.1, 0.15) is 0 Å². The number of hydrogen-bond acceptors (Lipinski definition) is 12. The van der Waals surface area contributed by atoms with Gasteiger partial charge < -0.3 is 57.2 Å². The van der Waals surface area contributed by atoms with Crippen molar-refractivity contribution in [3.63, 3.8) is 0 Å². The van der Waals surface area contributed by atoms with E-state index < -0.39 is 31.3 Å². The monoisotopic (exact) mass is 533 g/mol. The van der Waals surface area contributed by atoms with Crippen LogP contribution in [0, 0.1) is 0 Å². The molecule has 0 fully saturated rings. The zero-order valence-electron chi connectivity index (χ0n) is 8.38. The Hall–Kier alpha value is 1.84. The molecule has 0 rings (SSSR count). The molecule has 0 aliphatic rings. The molecule has 1 radical (unpaired) electrons. The van der Waals surface area contributed by atoms with Gasteiger partial charge in [-0.25, -0.2) is 4.57 Å². The minimum absolute atomic E-state index is 0. The molecule has 0 heterocycles. The topological polar surface area (TPSA) is 266 Å². The maximum atomic E-state index is 9.55. The van der Waals surface area contributed by atoms with Crippen molar-refractivity contribution < 1.29 is 83.1 Å². The smallest absolute Gasteiger partial charge is 0.790 e. The summed E-state index contributed by atoms with van der Waals surface area (Å²) < 4.78 is 42.9. The summed E-state index contributed by atoms with van der Waals surface area (Å²) in [6.07, 6.45) is 0. The second-order valence-corrected chi connectivity index (χ2v) is 6.97. The van der Waals surface area contributed by atoms with Crippen molar-refractivity contribution in [3.8, 4) is 0 Å². The van der Waals surface area contributed by atoms with Gasteiger partial charge in [-0.05, 0) is 0 Å². The van der Waals surface area contributed by atoms with E-state index in [0.717, 1.165) is 0 Å². The molecule has 0 aromatic rings. The Morgan fingerprint density at radius 2 is 0.850 bits per heavy atom. The van der Waals surface area contributed by atoms with Gasteiger partial charge in [0.05, 0.1) is 23.5 Å². The fourth-order valence-electron chi connectivity index (χ4n) is 0.253. The Balaban J connectivity index is -0.000000116. The van der Waals surface area contributed by atoms with E-state index in [1.807, 2.05) is 0 Å². The maximum absolute atomic E-state index is 9.55. The van der Waals surface area contributed by atoms with E-state index in [4.69, 9.17) is 9.79 Å². The van der Waals surface area contributed by atoms with E-state index in [1.54, 1.807) is 0 Å². The van der Waals surface area contributed by atoms with Crippen LogP contribution in [0.1, 0.15) is 0 Å². The molecule has 0 atom stereocenters. The average molecular weight is 532 g/mol. The standard InChI is InChI=1S/Cu.2H4O7P2.Sn/c;2*1-8(2,3)7-9(4,5)6;/h;2*(H2,1,2,3)(H2,4,5,6);/q+2;;;+4/p-6. The van der Waals surface area contributed by atoms with Gasteiger partial charge in [-0.1, -0.05) is 0 Å². The van der Waals surface area contributed by atoms with Crippen LogP contribution in [0.25, 0.3) is 0 Å². The molecular formula is H2CuO14P4Sn. The van der Waals surface area contributed by atoms with Crippen molar-refractivity contribution >= 4 is 55.2 Å². The molecule has 0 saturated carbocycles. The first-order valence-corrected chi connectivity index (χ1v) is 8.87. The Morgan fingerprint density at radius 3 is 0.850 bits per heavy atom. The van der Waals surface area contributed by atoms with Gasteiger partial charge in [0, 0.05) is 0 Å². The van der Waals surface area contributed by atoms with Gasteiger partial charge in [-0.2, -0.15) is 0 Å². The molecule has 0 aliphatic carbocycles. The summed E-state index contributed by atoms with van der Waals surface area (Å²) in [5.41, 5.74) is 0. The third-order valence-electron chi connectivity index (χ3n) is 0.406. The molecular weight excluding hydrogens is 530 g/mol. The first-order valence-electron chi connectivity index (χ1n) is 2.96. The van der Waals surface area contributed by atoms with Crippen molar-refractivity contribution in [1.29, 1.82) is 0 Å². The molecule has 0 saturated heterocycles. The fourth-order valence-corrected chi connectivity index (χ4v) is 2.27. The first-order chi connectivity index (χ1) is 7.41. The van der Waals surface area contributed by atoms with E-state index in [0.29, 0.717) is 0 Å². The van der Waals surface area contributed by atoms with Crippen LogP contribution in [0.15, 0.2) is 0 Å². The molecule has 0 bridgehead atoms. The fraction of sp³-hybridized carbons (Fsp3) is 0. The van der Waals surface area contributed by atoms with Crippen molar-refractivity contribution in [1.82, 2.24) is 0 Å². The molecule has 0 aromatic carbocycles. The molecule has 2 N–H and O–H groups in total. The van der Waals surface area contributed by atoms with Gasteiger partial charge in [-0.15, -0.1) is 0 Å². The van der Waals surface area contributed by atoms with Crippen LogP contribution in [-0.4, -0.2) is 33.7 Å². The van der Waals surface area contributed by atoms with Gasteiger partial charge in [0.2, 0.25) is 0 Å². The van der Waals surface area contributed by atoms with Gasteiger partial charge >= 0.3 is 48.8 Å². The Morgan fingerprint density at radius 1 is 0.650 bits per heavy atom. The largest absolute Gasteiger partial charge is 4.00 e. The van der Waals surface area contributed by atoms with Gasteiger partial charge in [-0.3, -0.25) is 4.31 Å². The van der Waals surface area contributed by atoms with Crippen LogP contribution >= 0.6 is 31.3 Å². The van der Waals surface area contributed by atoms with E-state index in [-0.39, 0.29) is 41.0 Å². The minimum Gasteiger partial charge on any atom is -0.790 e. The van der Waals surface area contributed by atoms with Crippen molar-refractivity contribution in [2.24, 2.45) is 0 Å². The van der Waals surface area contributed by atoms with Gasteiger partial charge in [0.15, 0.2) is 0 Å². The second kappa shape index (κ2) is 10.6. The van der Waals surface area contributed by atoms with Crippen molar-refractivity contribution in [2.45, 2.75) is 0 Å². The van der Waals surface area contributed by atoms with E-state index in [1.165, 1.54) is 0 Å². The molecule has 121 valence electrons. The SMILES string of the molecule is O=P([O-])([O-])OP(=O)(O)O.O=P([O-])([O-])OP(=O)([O-])[O-].[Cu+2].[Sn+4]. The Labute approximate surface area is 138 Å². The van der Waals surface area contributed by atoms with Crippen LogP contribution in [0.2, 0.25) is 0 Å². The van der Waals surface area contributed by atoms with E-state index in [2.05, 4.69) is 8.62 Å². The Bertz CT molecular complexity index is 348. The molecule has 0 unspecified atom stereocenters. The summed E-state index contributed by atoms with van der Waals surface area (Å²) in [5, 5.41) is 0. The molecule has 0 spiro atoms. The van der Waals surface area contributed by atoms with Crippen LogP contribution in [0.5, 0.6) is 0 Å². The predicted octanol–water partition coefficient (Wildman–Crippen LogP) is -5.80. The summed E-state index contributed by atoms with van der Waals surface area (Å²) in [6, 6.07) is 0. The normalized spacial score (nSPS) is 12.4. The number of rotatable bonds is 4. The van der Waals surface area contributed by atoms with Crippen LogP contribution in [0.4, 0.5) is 0 Å². The summed E-state index contributed by atoms with van der Waals surface area (Å²) in [6.45, 7) is 0. The summed E-state index contributed by atoms with van der Waals surface area (Å²) in [5.74, 6) is 0. The third-order valence-corrected chi connectivity index (χ3v) is 3.66. The molecule has 0 aliphatic heterocycles. The summed E-state index contributed by atoms with van der Waals surface area (Å²) in [4.78, 5) is 71.4. The number of hydrogen-bond donors (Lipinski definition) is 2. The number of phosphoric acid groups is 4. The third kappa shape index (κ3) is 36.8. The minimum atomic E-state index is -5.68. The van der Waals surface area contributed by atoms with E-state index in [9.17, 15) is 47.6 Å². The zero-order valence-corrected chi connectivity index (χ0v) is 15.8. The quantitative estimate of drug-likeness (QED) is 0.252. The van der Waals surface area contributed by atoms with E-state index >= 15 is 0 Å². The molecule has 20 heteroatoms. The van der Waals surface area contributed by atoms with Crippen LogP contribution in [0.3, 0.4) is 0 Å². The van der Waals surface area contributed by atoms with Crippen LogP contribution < -0.4 is 29.4 Å². The predicted molar refractivity (Wildman–Crippen MR) is 42.8 cm³/mol. The molecule has 0 aromatic heterocycles. The van der Waals surface area contributed by atoms with Gasteiger partial charge in [0.25, 0.3) is 0 Å². The second-order valence-electron chi connectivity index (χ2n) is 2.00. The molecule has 14 nitrogen and oxygen atoms in total. The molecule has 20 heavy (non-hydrogen) atoms. The van der Waals surface area contributed by atoms with Crippen molar-refractivity contribution in [3.05, 3.63) is 0 Å². The first kappa shape index (κ1) is 29.8. The van der Waals surface area contributed by atoms with Crippen molar-refractivity contribution in [2.75, 3.05) is 0 Å².